The van der Waals surface area contributed by atoms with Gasteiger partial charge in [-0.05, 0) is 43.9 Å². The lowest BCUT2D eigenvalue weighted by molar-refractivity contribution is 0.0406. The maximum absolute atomic E-state index is 9.16. The van der Waals surface area contributed by atoms with Crippen LogP contribution in [0, 0.1) is 6.92 Å². The number of hydrogen-bond acceptors (Lipinski definition) is 2. The van der Waals surface area contributed by atoms with E-state index in [-0.39, 0.29) is 6.61 Å². The van der Waals surface area contributed by atoms with Crippen LogP contribution in [0.2, 0.25) is 0 Å². The lowest BCUT2D eigenvalue weighted by atomic mass is 10.0. The minimum Gasteiger partial charge on any atom is -0.485 e. The predicted molar refractivity (Wildman–Crippen MR) is 67.1 cm³/mol. The zero-order valence-corrected chi connectivity index (χ0v) is 10.9. The predicted octanol–water partition coefficient (Wildman–Crippen LogP) is 3.27. The Hall–Kier alpha value is -1.02. The molecule has 0 radical (unpaired) electrons. The van der Waals surface area contributed by atoms with Crippen LogP contribution in [0.4, 0.5) is 0 Å². The van der Waals surface area contributed by atoms with Gasteiger partial charge in [-0.2, -0.15) is 0 Å². The van der Waals surface area contributed by atoms with Crippen molar-refractivity contribution in [2.45, 2.75) is 46.1 Å². The quantitative estimate of drug-likeness (QED) is 0.847. The van der Waals surface area contributed by atoms with Gasteiger partial charge in [-0.1, -0.05) is 26.0 Å². The fourth-order valence-corrected chi connectivity index (χ4v) is 1.48. The molecule has 1 aromatic rings. The molecule has 16 heavy (non-hydrogen) atoms. The van der Waals surface area contributed by atoms with E-state index in [0.29, 0.717) is 5.92 Å². The molecular weight excluding hydrogens is 200 g/mol. The van der Waals surface area contributed by atoms with E-state index in [1.807, 2.05) is 26.8 Å². The molecule has 1 N–H and O–H groups in total. The topological polar surface area (TPSA) is 29.5 Å². The van der Waals surface area contributed by atoms with Crippen molar-refractivity contribution in [3.05, 3.63) is 29.3 Å². The Morgan fingerprint density at radius 2 is 1.94 bits per heavy atom. The molecule has 0 spiro atoms. The van der Waals surface area contributed by atoms with Gasteiger partial charge in [0.25, 0.3) is 0 Å². The first-order valence-electron chi connectivity index (χ1n) is 5.76. The smallest absolute Gasteiger partial charge is 0.126 e. The van der Waals surface area contributed by atoms with E-state index in [0.717, 1.165) is 11.3 Å². The Morgan fingerprint density at radius 3 is 2.38 bits per heavy atom. The van der Waals surface area contributed by atoms with Crippen LogP contribution in [-0.4, -0.2) is 17.3 Å². The fraction of sp³-hybridized carbons (Fsp3) is 0.571. The number of aryl methyl sites for hydroxylation is 1. The lowest BCUT2D eigenvalue weighted by Crippen LogP contribution is -2.32. The summed E-state index contributed by atoms with van der Waals surface area (Å²) >= 11 is 0. The molecule has 0 atom stereocenters. The van der Waals surface area contributed by atoms with Crippen molar-refractivity contribution < 1.29 is 9.84 Å². The third-order valence-corrected chi connectivity index (χ3v) is 2.63. The number of aliphatic hydroxyl groups excluding tert-OH is 1. The molecule has 0 aliphatic rings. The van der Waals surface area contributed by atoms with Crippen LogP contribution >= 0.6 is 0 Å². The second kappa shape index (κ2) is 4.88. The van der Waals surface area contributed by atoms with Gasteiger partial charge < -0.3 is 9.84 Å². The summed E-state index contributed by atoms with van der Waals surface area (Å²) in [6, 6.07) is 6.22. The van der Waals surface area contributed by atoms with E-state index in [1.165, 1.54) is 5.56 Å². The maximum atomic E-state index is 9.16. The van der Waals surface area contributed by atoms with Crippen molar-refractivity contribution >= 4 is 0 Å². The van der Waals surface area contributed by atoms with Gasteiger partial charge in [0.15, 0.2) is 0 Å². The Labute approximate surface area is 98.3 Å². The first kappa shape index (κ1) is 13.0. The summed E-state index contributed by atoms with van der Waals surface area (Å²) < 4.78 is 5.77. The van der Waals surface area contributed by atoms with Crippen molar-refractivity contribution in [2.24, 2.45) is 0 Å². The van der Waals surface area contributed by atoms with E-state index >= 15 is 0 Å². The van der Waals surface area contributed by atoms with Crippen molar-refractivity contribution in [3.63, 3.8) is 0 Å². The van der Waals surface area contributed by atoms with Crippen LogP contribution in [0.15, 0.2) is 18.2 Å². The molecule has 0 aliphatic carbocycles. The second-order valence-electron chi connectivity index (χ2n) is 5.20. The van der Waals surface area contributed by atoms with Crippen LogP contribution in [-0.2, 0) is 0 Å². The van der Waals surface area contributed by atoms with E-state index < -0.39 is 5.60 Å². The molecule has 0 heterocycles. The summed E-state index contributed by atoms with van der Waals surface area (Å²) in [6.45, 7) is 10.2. The zero-order valence-electron chi connectivity index (χ0n) is 10.9. The summed E-state index contributed by atoms with van der Waals surface area (Å²) in [4.78, 5) is 0. The summed E-state index contributed by atoms with van der Waals surface area (Å²) in [5.74, 6) is 1.38. The van der Waals surface area contributed by atoms with Gasteiger partial charge in [-0.3, -0.25) is 0 Å². The Balaban J connectivity index is 2.91. The van der Waals surface area contributed by atoms with E-state index in [4.69, 9.17) is 9.84 Å². The van der Waals surface area contributed by atoms with Gasteiger partial charge in [-0.25, -0.2) is 0 Å². The normalized spacial score (nSPS) is 11.9. The van der Waals surface area contributed by atoms with Gasteiger partial charge in [0.2, 0.25) is 0 Å². The second-order valence-corrected chi connectivity index (χ2v) is 5.20. The third kappa shape index (κ3) is 3.24. The third-order valence-electron chi connectivity index (χ3n) is 2.63. The summed E-state index contributed by atoms with van der Waals surface area (Å²) in [6.07, 6.45) is 0. The van der Waals surface area contributed by atoms with Crippen molar-refractivity contribution in [1.29, 1.82) is 0 Å². The first-order valence-corrected chi connectivity index (χ1v) is 5.76. The average Bonchev–Trinajstić information content (AvgIpc) is 2.20. The average molecular weight is 222 g/mol. The molecule has 90 valence electrons. The van der Waals surface area contributed by atoms with E-state index in [1.54, 1.807) is 0 Å². The number of rotatable bonds is 4. The fourth-order valence-electron chi connectivity index (χ4n) is 1.48. The van der Waals surface area contributed by atoms with Crippen LogP contribution in [0.3, 0.4) is 0 Å². The van der Waals surface area contributed by atoms with E-state index in [9.17, 15) is 0 Å². The Kier molecular flexibility index (Phi) is 3.98. The molecular formula is C14H22O2. The minimum absolute atomic E-state index is 0.0123. The molecule has 0 bridgehead atoms. The molecule has 2 nitrogen and oxygen atoms in total. The molecule has 0 aromatic heterocycles. The van der Waals surface area contributed by atoms with Gasteiger partial charge in [-0.15, -0.1) is 0 Å². The highest BCUT2D eigenvalue weighted by Crippen LogP contribution is 2.26. The molecule has 1 aromatic carbocycles. The SMILES string of the molecule is Cc1cc(C(C)C)ccc1OC(C)(C)CO. The van der Waals surface area contributed by atoms with Crippen LogP contribution < -0.4 is 4.74 Å². The molecule has 0 amide bonds. The Morgan fingerprint density at radius 1 is 1.31 bits per heavy atom. The molecule has 2 heteroatoms. The summed E-state index contributed by atoms with van der Waals surface area (Å²) in [5.41, 5.74) is 1.91. The van der Waals surface area contributed by atoms with Crippen LogP contribution in [0.5, 0.6) is 5.75 Å². The minimum atomic E-state index is -0.524. The number of hydrogen-bond donors (Lipinski definition) is 1. The molecule has 0 fully saturated rings. The molecule has 1 rings (SSSR count). The van der Waals surface area contributed by atoms with Gasteiger partial charge >= 0.3 is 0 Å². The highest BCUT2D eigenvalue weighted by Gasteiger charge is 2.19. The van der Waals surface area contributed by atoms with Gasteiger partial charge in [0.1, 0.15) is 11.4 Å². The lowest BCUT2D eigenvalue weighted by Gasteiger charge is -2.25. The number of aliphatic hydroxyl groups is 1. The molecule has 0 aliphatic heterocycles. The van der Waals surface area contributed by atoms with E-state index in [2.05, 4.69) is 26.0 Å². The van der Waals surface area contributed by atoms with Crippen molar-refractivity contribution in [3.8, 4) is 5.75 Å². The monoisotopic (exact) mass is 222 g/mol. The van der Waals surface area contributed by atoms with Crippen molar-refractivity contribution in [1.82, 2.24) is 0 Å². The molecule has 0 saturated carbocycles. The summed E-state index contributed by atoms with van der Waals surface area (Å²) in [5, 5.41) is 9.16. The van der Waals surface area contributed by atoms with Crippen LogP contribution in [0.25, 0.3) is 0 Å². The zero-order chi connectivity index (χ0) is 12.3. The van der Waals surface area contributed by atoms with Crippen LogP contribution in [0.1, 0.15) is 44.7 Å². The Bertz CT molecular complexity index is 354. The highest BCUT2D eigenvalue weighted by atomic mass is 16.5. The number of ether oxygens (including phenoxy) is 1. The maximum Gasteiger partial charge on any atom is 0.126 e. The van der Waals surface area contributed by atoms with Gasteiger partial charge in [0, 0.05) is 0 Å². The highest BCUT2D eigenvalue weighted by molar-refractivity contribution is 5.37. The number of benzene rings is 1. The molecule has 0 unspecified atom stereocenters. The standard InChI is InChI=1S/C14H22O2/c1-10(2)12-6-7-13(11(3)8-12)16-14(4,5)9-15/h6-8,10,15H,9H2,1-5H3. The first-order chi connectivity index (χ1) is 7.35. The molecule has 0 saturated heterocycles. The largest absolute Gasteiger partial charge is 0.485 e. The van der Waals surface area contributed by atoms with Crippen molar-refractivity contribution in [2.75, 3.05) is 6.61 Å². The summed E-state index contributed by atoms with van der Waals surface area (Å²) in [7, 11) is 0. The van der Waals surface area contributed by atoms with Gasteiger partial charge in [0.05, 0.1) is 6.61 Å².